The zero-order valence-electron chi connectivity index (χ0n) is 10.2. The Bertz CT molecular complexity index is 408. The average Bonchev–Trinajstić information content (AvgIpc) is 2.28. The van der Waals surface area contributed by atoms with E-state index in [4.69, 9.17) is 0 Å². The molecule has 2 N–H and O–H groups in total. The first kappa shape index (κ1) is 16.1. The molecule has 0 amide bonds. The molecule has 0 spiro atoms. The summed E-state index contributed by atoms with van der Waals surface area (Å²) in [5, 5.41) is 12.4. The van der Waals surface area contributed by atoms with Crippen LogP contribution in [0.15, 0.2) is 24.3 Å². The Morgan fingerprint density at radius 3 is 2.37 bits per heavy atom. The van der Waals surface area contributed by atoms with Crippen LogP contribution in [0.25, 0.3) is 0 Å². The molecule has 1 aromatic carbocycles. The number of benzene rings is 1. The molecule has 2 rings (SSSR count). The Labute approximate surface area is 115 Å². The first-order chi connectivity index (χ1) is 8.48. The summed E-state index contributed by atoms with van der Waals surface area (Å²) in [4.78, 5) is 1.39. The Hall–Kier alpha value is -0.980. The van der Waals surface area contributed by atoms with Gasteiger partial charge in [0.15, 0.2) is 0 Å². The third-order valence-corrected chi connectivity index (χ3v) is 3.01. The minimum atomic E-state index is -4.34. The summed E-state index contributed by atoms with van der Waals surface area (Å²) in [7, 11) is 0. The fourth-order valence-electron chi connectivity index (χ4n) is 2.24. The number of rotatable bonds is 2. The van der Waals surface area contributed by atoms with Gasteiger partial charge in [0.2, 0.25) is 0 Å². The fraction of sp³-hybridized carbons (Fsp3) is 0.500. The molecule has 1 fully saturated rings. The van der Waals surface area contributed by atoms with Gasteiger partial charge in [0, 0.05) is 26.2 Å². The van der Waals surface area contributed by atoms with Crippen molar-refractivity contribution < 1.29 is 18.3 Å². The van der Waals surface area contributed by atoms with Crippen LogP contribution in [0.1, 0.15) is 11.6 Å². The topological polar surface area (TPSA) is 35.5 Å². The number of nitrogens with zero attached hydrogens (tertiary/aromatic N) is 1. The van der Waals surface area contributed by atoms with E-state index in [0.29, 0.717) is 26.2 Å². The molecule has 0 radical (unpaired) electrons. The summed E-state index contributed by atoms with van der Waals surface area (Å²) in [6.07, 6.45) is -4.34. The van der Waals surface area contributed by atoms with Gasteiger partial charge in [-0.15, -0.1) is 12.4 Å². The molecule has 1 aliphatic rings. The van der Waals surface area contributed by atoms with Crippen LogP contribution in [0.4, 0.5) is 13.2 Å². The molecule has 19 heavy (non-hydrogen) atoms. The molecule has 0 unspecified atom stereocenters. The number of alkyl halides is 3. The Balaban J connectivity index is 0.00000180. The first-order valence-corrected chi connectivity index (χ1v) is 5.79. The van der Waals surface area contributed by atoms with Crippen molar-refractivity contribution >= 4 is 12.4 Å². The predicted octanol–water partition coefficient (Wildman–Crippen LogP) is 2.32. The summed E-state index contributed by atoms with van der Waals surface area (Å²) in [6, 6.07) is 3.74. The normalized spacial score (nSPS) is 18.7. The number of aromatic hydroxyl groups is 1. The average molecular weight is 297 g/mol. The standard InChI is InChI=1S/C12H15F3N2O.ClH/c13-12(14,15)11(17-6-4-16-5-7-17)9-2-1-3-10(18)8-9;/h1-3,8,11,16,18H,4-7H2;1H/t11-;/m0./s1. The lowest BCUT2D eigenvalue weighted by molar-refractivity contribution is -0.187. The van der Waals surface area contributed by atoms with Gasteiger partial charge < -0.3 is 10.4 Å². The van der Waals surface area contributed by atoms with Crippen molar-refractivity contribution in [2.75, 3.05) is 26.2 Å². The zero-order chi connectivity index (χ0) is 13.2. The molecule has 1 aliphatic heterocycles. The highest BCUT2D eigenvalue weighted by Crippen LogP contribution is 2.38. The molecule has 1 atom stereocenters. The lowest BCUT2D eigenvalue weighted by Crippen LogP contribution is -2.49. The first-order valence-electron chi connectivity index (χ1n) is 5.79. The van der Waals surface area contributed by atoms with Crippen LogP contribution >= 0.6 is 12.4 Å². The second-order valence-corrected chi connectivity index (χ2v) is 4.33. The van der Waals surface area contributed by atoms with Crippen LogP contribution in [0.2, 0.25) is 0 Å². The van der Waals surface area contributed by atoms with Gasteiger partial charge >= 0.3 is 6.18 Å². The van der Waals surface area contributed by atoms with E-state index in [0.717, 1.165) is 0 Å². The van der Waals surface area contributed by atoms with E-state index >= 15 is 0 Å². The highest BCUT2D eigenvalue weighted by molar-refractivity contribution is 5.85. The maximum absolute atomic E-state index is 13.2. The molecule has 7 heteroatoms. The fourth-order valence-corrected chi connectivity index (χ4v) is 2.24. The van der Waals surface area contributed by atoms with Gasteiger partial charge in [0.25, 0.3) is 0 Å². The van der Waals surface area contributed by atoms with Gasteiger partial charge in [-0.1, -0.05) is 12.1 Å². The van der Waals surface area contributed by atoms with Crippen LogP contribution in [0.5, 0.6) is 5.75 Å². The van der Waals surface area contributed by atoms with E-state index in [9.17, 15) is 18.3 Å². The second-order valence-electron chi connectivity index (χ2n) is 4.33. The second kappa shape index (κ2) is 6.45. The number of nitrogens with one attached hydrogen (secondary N) is 1. The van der Waals surface area contributed by atoms with Crippen molar-refractivity contribution in [2.24, 2.45) is 0 Å². The Morgan fingerprint density at radius 1 is 1.21 bits per heavy atom. The largest absolute Gasteiger partial charge is 0.508 e. The predicted molar refractivity (Wildman–Crippen MR) is 68.6 cm³/mol. The summed E-state index contributed by atoms with van der Waals surface area (Å²) in [5.74, 6) is -0.142. The lowest BCUT2D eigenvalue weighted by atomic mass is 10.0. The monoisotopic (exact) mass is 296 g/mol. The van der Waals surface area contributed by atoms with Crippen LogP contribution in [0, 0.1) is 0 Å². The van der Waals surface area contributed by atoms with Crippen molar-refractivity contribution in [2.45, 2.75) is 12.2 Å². The van der Waals surface area contributed by atoms with E-state index in [2.05, 4.69) is 5.32 Å². The van der Waals surface area contributed by atoms with Crippen molar-refractivity contribution in [1.29, 1.82) is 0 Å². The Kier molecular flexibility index (Phi) is 5.46. The number of hydrogen-bond acceptors (Lipinski definition) is 3. The number of phenolic OH excluding ortho intramolecular Hbond substituents is 1. The minimum absolute atomic E-state index is 0. The molecule has 0 aromatic heterocycles. The number of piperazine rings is 1. The maximum atomic E-state index is 13.2. The number of hydrogen-bond donors (Lipinski definition) is 2. The van der Waals surface area contributed by atoms with E-state index in [1.54, 1.807) is 0 Å². The van der Waals surface area contributed by atoms with Crippen LogP contribution in [-0.4, -0.2) is 42.4 Å². The SMILES string of the molecule is Cl.Oc1cccc([C@H](N2CCNCC2)C(F)(F)F)c1. The smallest absolute Gasteiger partial charge is 0.408 e. The molecule has 0 bridgehead atoms. The highest BCUT2D eigenvalue weighted by atomic mass is 35.5. The van der Waals surface area contributed by atoms with E-state index < -0.39 is 12.2 Å². The lowest BCUT2D eigenvalue weighted by Gasteiger charge is -2.36. The Morgan fingerprint density at radius 2 is 1.84 bits per heavy atom. The van der Waals surface area contributed by atoms with Crippen LogP contribution < -0.4 is 5.32 Å². The molecular weight excluding hydrogens is 281 g/mol. The molecule has 0 aliphatic carbocycles. The van der Waals surface area contributed by atoms with Gasteiger partial charge in [0.05, 0.1) is 0 Å². The van der Waals surface area contributed by atoms with E-state index in [-0.39, 0.29) is 23.7 Å². The third kappa shape index (κ3) is 3.99. The quantitative estimate of drug-likeness (QED) is 0.879. The van der Waals surface area contributed by atoms with E-state index in [1.165, 1.54) is 29.2 Å². The van der Waals surface area contributed by atoms with E-state index in [1.807, 2.05) is 0 Å². The molecule has 0 saturated carbocycles. The minimum Gasteiger partial charge on any atom is -0.508 e. The van der Waals surface area contributed by atoms with Crippen molar-refractivity contribution in [3.05, 3.63) is 29.8 Å². The van der Waals surface area contributed by atoms with Crippen molar-refractivity contribution in [3.63, 3.8) is 0 Å². The van der Waals surface area contributed by atoms with Gasteiger partial charge in [-0.2, -0.15) is 13.2 Å². The molecule has 1 saturated heterocycles. The van der Waals surface area contributed by atoms with Crippen LogP contribution in [0.3, 0.4) is 0 Å². The maximum Gasteiger partial charge on any atom is 0.408 e. The molecule has 1 heterocycles. The van der Waals surface area contributed by atoms with Crippen LogP contribution in [-0.2, 0) is 0 Å². The highest BCUT2D eigenvalue weighted by Gasteiger charge is 2.44. The van der Waals surface area contributed by atoms with Crippen molar-refractivity contribution in [3.8, 4) is 5.75 Å². The number of phenols is 1. The molecule has 108 valence electrons. The summed E-state index contributed by atoms with van der Waals surface area (Å²) in [5.41, 5.74) is 0.0874. The molecule has 1 aromatic rings. The van der Waals surface area contributed by atoms with Gasteiger partial charge in [-0.3, -0.25) is 4.90 Å². The summed E-state index contributed by atoms with van der Waals surface area (Å²) < 4.78 is 39.5. The third-order valence-electron chi connectivity index (χ3n) is 3.01. The zero-order valence-corrected chi connectivity index (χ0v) is 11.0. The van der Waals surface area contributed by atoms with Gasteiger partial charge in [-0.05, 0) is 17.7 Å². The summed E-state index contributed by atoms with van der Waals surface area (Å²) >= 11 is 0. The summed E-state index contributed by atoms with van der Waals surface area (Å²) in [6.45, 7) is 1.79. The number of halogens is 4. The van der Waals surface area contributed by atoms with Gasteiger partial charge in [0.1, 0.15) is 11.8 Å². The molecule has 3 nitrogen and oxygen atoms in total. The van der Waals surface area contributed by atoms with Gasteiger partial charge in [-0.25, -0.2) is 0 Å². The van der Waals surface area contributed by atoms with Crippen molar-refractivity contribution in [1.82, 2.24) is 10.2 Å². The molecular formula is C12H16ClF3N2O.